The van der Waals surface area contributed by atoms with Gasteiger partial charge in [-0.2, -0.15) is 0 Å². The maximum absolute atomic E-state index is 14.0. The summed E-state index contributed by atoms with van der Waals surface area (Å²) in [5.41, 5.74) is 3.45. The van der Waals surface area contributed by atoms with Gasteiger partial charge in [0.2, 0.25) is 0 Å². The number of halogens is 1. The van der Waals surface area contributed by atoms with Gasteiger partial charge in [-0.3, -0.25) is 0 Å². The Morgan fingerprint density at radius 2 is 1.93 bits per heavy atom. The molecule has 1 heteroatoms. The summed E-state index contributed by atoms with van der Waals surface area (Å²) < 4.78 is 14.0. The first-order valence-electron chi connectivity index (χ1n) is 10.7. The van der Waals surface area contributed by atoms with Crippen molar-refractivity contribution >= 4 is 0 Å². The van der Waals surface area contributed by atoms with E-state index in [1.165, 1.54) is 24.8 Å². The summed E-state index contributed by atoms with van der Waals surface area (Å²) in [7, 11) is 0. The van der Waals surface area contributed by atoms with E-state index in [9.17, 15) is 4.39 Å². The summed E-state index contributed by atoms with van der Waals surface area (Å²) in [5.74, 6) is 1.46. The van der Waals surface area contributed by atoms with Gasteiger partial charge in [-0.05, 0) is 67.1 Å². The second-order valence-corrected chi connectivity index (χ2v) is 7.89. The molecule has 2 atom stereocenters. The number of benzene rings is 1. The number of hydrogen-bond donors (Lipinski definition) is 0. The lowest BCUT2D eigenvalue weighted by atomic mass is 9.91. The highest BCUT2D eigenvalue weighted by Gasteiger charge is 2.12. The van der Waals surface area contributed by atoms with Crippen molar-refractivity contribution < 1.29 is 4.39 Å². The molecule has 0 nitrogen and oxygen atoms in total. The summed E-state index contributed by atoms with van der Waals surface area (Å²) in [6, 6.07) is 5.70. The summed E-state index contributed by atoms with van der Waals surface area (Å²) in [5, 5.41) is 0. The van der Waals surface area contributed by atoms with Gasteiger partial charge in [0.15, 0.2) is 0 Å². The molecule has 2 rings (SSSR count). The predicted octanol–water partition coefficient (Wildman–Crippen LogP) is 8.40. The molecule has 0 aliphatic heterocycles. The zero-order valence-corrected chi connectivity index (χ0v) is 18.1. The minimum atomic E-state index is -0.0486. The van der Waals surface area contributed by atoms with Crippen LogP contribution in [0.1, 0.15) is 83.8 Å². The first-order valence-corrected chi connectivity index (χ1v) is 10.7. The van der Waals surface area contributed by atoms with E-state index in [4.69, 9.17) is 0 Å². The highest BCUT2D eigenvalue weighted by molar-refractivity contribution is 5.28. The van der Waals surface area contributed by atoms with Crippen molar-refractivity contribution in [2.45, 2.75) is 79.1 Å². The topological polar surface area (TPSA) is 0 Å². The average molecular weight is 371 g/mol. The molecule has 2 unspecified atom stereocenters. The fourth-order valence-electron chi connectivity index (χ4n) is 3.46. The number of rotatable bonds is 8. The lowest BCUT2D eigenvalue weighted by molar-refractivity contribution is 0.555. The summed E-state index contributed by atoms with van der Waals surface area (Å²) >= 11 is 0. The van der Waals surface area contributed by atoms with Gasteiger partial charge in [-0.15, -0.1) is 6.58 Å². The van der Waals surface area contributed by atoms with E-state index in [0.29, 0.717) is 11.8 Å². The molecule has 0 saturated heterocycles. The average Bonchev–Trinajstić information content (AvgIpc) is 2.67. The van der Waals surface area contributed by atoms with E-state index in [0.717, 1.165) is 36.3 Å². The van der Waals surface area contributed by atoms with Crippen LogP contribution >= 0.6 is 0 Å². The third kappa shape index (κ3) is 8.28. The third-order valence-electron chi connectivity index (χ3n) is 5.38. The Labute approximate surface area is 167 Å². The van der Waals surface area contributed by atoms with Crippen LogP contribution in [0.5, 0.6) is 0 Å². The fraction of sp³-hybridized carbons (Fsp3) is 0.538. The highest BCUT2D eigenvalue weighted by atomic mass is 19.1. The fourth-order valence-corrected chi connectivity index (χ4v) is 3.46. The van der Waals surface area contributed by atoms with Gasteiger partial charge in [0.05, 0.1) is 0 Å². The van der Waals surface area contributed by atoms with Gasteiger partial charge in [-0.1, -0.05) is 83.0 Å². The Kier molecular flexibility index (Phi) is 11.0. The molecule has 1 aromatic rings. The Morgan fingerprint density at radius 1 is 1.22 bits per heavy atom. The van der Waals surface area contributed by atoms with Crippen molar-refractivity contribution in [3.05, 3.63) is 71.6 Å². The van der Waals surface area contributed by atoms with Gasteiger partial charge in [0.25, 0.3) is 0 Å². The van der Waals surface area contributed by atoms with Crippen molar-refractivity contribution in [2.75, 3.05) is 0 Å². The van der Waals surface area contributed by atoms with Crippen molar-refractivity contribution in [3.8, 4) is 0 Å². The molecule has 0 saturated carbocycles. The van der Waals surface area contributed by atoms with Crippen molar-refractivity contribution in [1.29, 1.82) is 0 Å². The maximum Gasteiger partial charge on any atom is 0.126 e. The van der Waals surface area contributed by atoms with Crippen LogP contribution in [0.3, 0.4) is 0 Å². The number of hydrogen-bond acceptors (Lipinski definition) is 0. The highest BCUT2D eigenvalue weighted by Crippen LogP contribution is 2.26. The molecule has 0 bridgehead atoms. The molecular formula is C26H39F. The van der Waals surface area contributed by atoms with Gasteiger partial charge >= 0.3 is 0 Å². The molecule has 0 amide bonds. The zero-order valence-electron chi connectivity index (χ0n) is 18.1. The molecular weight excluding hydrogens is 331 g/mol. The molecule has 150 valence electrons. The molecule has 0 heterocycles. The van der Waals surface area contributed by atoms with E-state index in [2.05, 4.69) is 65.5 Å². The van der Waals surface area contributed by atoms with E-state index < -0.39 is 0 Å². The third-order valence-corrected chi connectivity index (χ3v) is 5.38. The van der Waals surface area contributed by atoms with Crippen LogP contribution in [-0.2, 0) is 6.42 Å². The Balaban J connectivity index is 0.000000309. The van der Waals surface area contributed by atoms with Crippen LogP contribution in [-0.4, -0.2) is 0 Å². The SMILES string of the molecule is C=CC(C)Cc1ccc(C(CC)CC)c(F)c1.CCCC1=CCC(C)C=C1. The van der Waals surface area contributed by atoms with Crippen LogP contribution in [0, 0.1) is 17.7 Å². The molecule has 0 radical (unpaired) electrons. The van der Waals surface area contributed by atoms with Crippen molar-refractivity contribution in [1.82, 2.24) is 0 Å². The number of allylic oxidation sites excluding steroid dienone is 5. The Bertz CT molecular complexity index is 619. The van der Waals surface area contributed by atoms with Crippen LogP contribution in [0.2, 0.25) is 0 Å². The van der Waals surface area contributed by atoms with E-state index in [1.54, 1.807) is 6.07 Å². The minimum absolute atomic E-state index is 0.0486. The van der Waals surface area contributed by atoms with E-state index in [1.807, 2.05) is 12.1 Å². The van der Waals surface area contributed by atoms with Crippen LogP contribution in [0.15, 0.2) is 54.7 Å². The summed E-state index contributed by atoms with van der Waals surface area (Å²) in [6.07, 6.45) is 15.5. The summed E-state index contributed by atoms with van der Waals surface area (Å²) in [4.78, 5) is 0. The largest absolute Gasteiger partial charge is 0.207 e. The van der Waals surface area contributed by atoms with Gasteiger partial charge in [-0.25, -0.2) is 4.39 Å². The van der Waals surface area contributed by atoms with Crippen molar-refractivity contribution in [3.63, 3.8) is 0 Å². The Morgan fingerprint density at radius 3 is 2.41 bits per heavy atom. The van der Waals surface area contributed by atoms with Gasteiger partial charge in [0.1, 0.15) is 5.82 Å². The van der Waals surface area contributed by atoms with Gasteiger partial charge in [0, 0.05) is 0 Å². The molecule has 0 aromatic heterocycles. The standard InChI is InChI=1S/C16H23F.C10H16/c1-5-12(4)10-13-8-9-15(16(17)11-13)14(6-2)7-3;1-3-4-10-7-5-9(2)6-8-10/h5,8-9,11-12,14H,1,6-7,10H2,2-4H3;5,7-9H,3-4,6H2,1-2H3. The second-order valence-electron chi connectivity index (χ2n) is 7.89. The first-order chi connectivity index (χ1) is 12.9. The lowest BCUT2D eigenvalue weighted by Crippen LogP contribution is -2.02. The van der Waals surface area contributed by atoms with E-state index >= 15 is 0 Å². The van der Waals surface area contributed by atoms with Crippen LogP contribution in [0.25, 0.3) is 0 Å². The quantitative estimate of drug-likeness (QED) is 0.403. The van der Waals surface area contributed by atoms with Crippen LogP contribution < -0.4 is 0 Å². The lowest BCUT2D eigenvalue weighted by Gasteiger charge is -2.15. The second kappa shape index (κ2) is 12.7. The zero-order chi connectivity index (χ0) is 20.2. The first kappa shape index (κ1) is 23.4. The maximum atomic E-state index is 14.0. The summed E-state index contributed by atoms with van der Waals surface area (Å²) in [6.45, 7) is 14.6. The molecule has 0 N–H and O–H groups in total. The Hall–Kier alpha value is -1.63. The smallest absolute Gasteiger partial charge is 0.126 e. The van der Waals surface area contributed by atoms with Gasteiger partial charge < -0.3 is 0 Å². The molecule has 27 heavy (non-hydrogen) atoms. The van der Waals surface area contributed by atoms with E-state index in [-0.39, 0.29) is 5.82 Å². The van der Waals surface area contributed by atoms with Crippen molar-refractivity contribution in [2.24, 2.45) is 11.8 Å². The normalized spacial score (nSPS) is 17.1. The minimum Gasteiger partial charge on any atom is -0.207 e. The molecule has 1 aliphatic carbocycles. The predicted molar refractivity (Wildman–Crippen MR) is 119 cm³/mol. The monoisotopic (exact) mass is 370 g/mol. The molecule has 1 aromatic carbocycles. The molecule has 0 spiro atoms. The van der Waals surface area contributed by atoms with Crippen LogP contribution in [0.4, 0.5) is 4.39 Å². The molecule has 1 aliphatic rings. The molecule has 0 fully saturated rings.